The predicted molar refractivity (Wildman–Crippen MR) is 119 cm³/mol. The third kappa shape index (κ3) is 5.86. The SMILES string of the molecule is O=C1CCOC2(CCN(C(=O)C3CCOCC3)CC2)CN1CCCCc1ccccc1. The smallest absolute Gasteiger partial charge is 0.225 e. The number of nitrogens with zero attached hydrogens (tertiary/aromatic N) is 2. The van der Waals surface area contributed by atoms with Gasteiger partial charge in [0.15, 0.2) is 0 Å². The molecule has 1 aromatic rings. The molecule has 0 unspecified atom stereocenters. The number of benzene rings is 1. The third-order valence-electron chi connectivity index (χ3n) is 7.10. The highest BCUT2D eigenvalue weighted by Crippen LogP contribution is 2.31. The zero-order valence-electron chi connectivity index (χ0n) is 18.6. The van der Waals surface area contributed by atoms with Crippen LogP contribution >= 0.6 is 0 Å². The van der Waals surface area contributed by atoms with E-state index in [0.29, 0.717) is 32.8 Å². The van der Waals surface area contributed by atoms with Gasteiger partial charge in [-0.3, -0.25) is 9.59 Å². The number of hydrogen-bond acceptors (Lipinski definition) is 4. The van der Waals surface area contributed by atoms with Crippen molar-refractivity contribution in [1.82, 2.24) is 9.80 Å². The average molecular weight is 429 g/mol. The minimum Gasteiger partial charge on any atom is -0.381 e. The normalized spacial score (nSPS) is 22.5. The molecule has 3 fully saturated rings. The topological polar surface area (TPSA) is 59.1 Å². The molecule has 0 aliphatic carbocycles. The number of piperidine rings is 1. The van der Waals surface area contributed by atoms with Crippen LogP contribution in [-0.4, -0.2) is 73.2 Å². The van der Waals surface area contributed by atoms with Gasteiger partial charge in [-0.1, -0.05) is 30.3 Å². The number of unbranched alkanes of at least 4 members (excludes halogenated alkanes) is 1. The summed E-state index contributed by atoms with van der Waals surface area (Å²) in [6.45, 7) is 4.79. The van der Waals surface area contributed by atoms with Crippen LogP contribution in [0.4, 0.5) is 0 Å². The summed E-state index contributed by atoms with van der Waals surface area (Å²) in [5.41, 5.74) is 1.06. The molecule has 6 heteroatoms. The third-order valence-corrected chi connectivity index (χ3v) is 7.10. The number of hydrogen-bond donors (Lipinski definition) is 0. The molecule has 1 spiro atoms. The summed E-state index contributed by atoms with van der Waals surface area (Å²) in [6.07, 6.45) is 6.90. The summed E-state index contributed by atoms with van der Waals surface area (Å²) in [4.78, 5) is 29.6. The number of rotatable bonds is 6. The van der Waals surface area contributed by atoms with Crippen LogP contribution in [0.1, 0.15) is 50.5 Å². The first-order valence-electron chi connectivity index (χ1n) is 12.0. The Morgan fingerprint density at radius 1 is 1.03 bits per heavy atom. The molecule has 0 radical (unpaired) electrons. The van der Waals surface area contributed by atoms with E-state index in [1.807, 2.05) is 15.9 Å². The lowest BCUT2D eigenvalue weighted by Gasteiger charge is -2.43. The van der Waals surface area contributed by atoms with E-state index in [-0.39, 0.29) is 23.3 Å². The summed E-state index contributed by atoms with van der Waals surface area (Å²) >= 11 is 0. The van der Waals surface area contributed by atoms with E-state index in [1.54, 1.807) is 0 Å². The second-order valence-corrected chi connectivity index (χ2v) is 9.25. The molecule has 4 rings (SSSR count). The van der Waals surface area contributed by atoms with Gasteiger partial charge >= 0.3 is 0 Å². The molecular weight excluding hydrogens is 392 g/mol. The van der Waals surface area contributed by atoms with Crippen LogP contribution in [0.3, 0.4) is 0 Å². The van der Waals surface area contributed by atoms with E-state index in [9.17, 15) is 9.59 Å². The zero-order valence-corrected chi connectivity index (χ0v) is 18.6. The van der Waals surface area contributed by atoms with Crippen LogP contribution in [0.5, 0.6) is 0 Å². The van der Waals surface area contributed by atoms with E-state index in [2.05, 4.69) is 24.3 Å². The number of ether oxygens (including phenoxy) is 2. The van der Waals surface area contributed by atoms with Gasteiger partial charge in [0.05, 0.1) is 18.6 Å². The molecule has 3 aliphatic rings. The van der Waals surface area contributed by atoms with E-state index in [0.717, 1.165) is 64.6 Å². The van der Waals surface area contributed by atoms with Crippen molar-refractivity contribution < 1.29 is 19.1 Å². The van der Waals surface area contributed by atoms with Crippen molar-refractivity contribution in [2.24, 2.45) is 5.92 Å². The van der Waals surface area contributed by atoms with Gasteiger partial charge in [-0.25, -0.2) is 0 Å². The van der Waals surface area contributed by atoms with E-state index in [1.165, 1.54) is 5.56 Å². The maximum absolute atomic E-state index is 12.9. The first-order valence-corrected chi connectivity index (χ1v) is 12.0. The summed E-state index contributed by atoms with van der Waals surface area (Å²) < 4.78 is 11.7. The maximum Gasteiger partial charge on any atom is 0.225 e. The second-order valence-electron chi connectivity index (χ2n) is 9.25. The highest BCUT2D eigenvalue weighted by molar-refractivity contribution is 5.79. The molecule has 3 saturated heterocycles. The fourth-order valence-corrected chi connectivity index (χ4v) is 5.11. The lowest BCUT2D eigenvalue weighted by molar-refractivity contribution is -0.146. The molecule has 1 aromatic carbocycles. The predicted octanol–water partition coefficient (Wildman–Crippen LogP) is 3.05. The first-order chi connectivity index (χ1) is 15.2. The summed E-state index contributed by atoms with van der Waals surface area (Å²) in [7, 11) is 0. The Bertz CT molecular complexity index is 724. The Morgan fingerprint density at radius 2 is 1.77 bits per heavy atom. The van der Waals surface area contributed by atoms with Gasteiger partial charge < -0.3 is 19.3 Å². The minimum atomic E-state index is -0.294. The van der Waals surface area contributed by atoms with Crippen molar-refractivity contribution >= 4 is 11.8 Å². The zero-order chi connectivity index (χ0) is 21.5. The van der Waals surface area contributed by atoms with Crippen molar-refractivity contribution in [3.63, 3.8) is 0 Å². The van der Waals surface area contributed by atoms with Gasteiger partial charge in [-0.15, -0.1) is 0 Å². The summed E-state index contributed by atoms with van der Waals surface area (Å²) in [5.74, 6) is 0.596. The first kappa shape index (κ1) is 22.3. The average Bonchev–Trinajstić information content (AvgIpc) is 2.96. The van der Waals surface area contributed by atoms with Crippen molar-refractivity contribution in [2.75, 3.05) is 46.0 Å². The highest BCUT2D eigenvalue weighted by Gasteiger charge is 2.41. The molecule has 3 aliphatic heterocycles. The van der Waals surface area contributed by atoms with Gasteiger partial charge in [0.25, 0.3) is 0 Å². The second kappa shape index (κ2) is 10.6. The van der Waals surface area contributed by atoms with Crippen molar-refractivity contribution in [2.45, 2.75) is 57.0 Å². The summed E-state index contributed by atoms with van der Waals surface area (Å²) in [6, 6.07) is 10.5. The van der Waals surface area contributed by atoms with Crippen LogP contribution in [0.15, 0.2) is 30.3 Å². The molecule has 0 saturated carbocycles. The van der Waals surface area contributed by atoms with Crippen LogP contribution in [0, 0.1) is 5.92 Å². The van der Waals surface area contributed by atoms with Gasteiger partial charge in [0, 0.05) is 45.3 Å². The number of amides is 2. The molecule has 31 heavy (non-hydrogen) atoms. The van der Waals surface area contributed by atoms with E-state index < -0.39 is 0 Å². The Morgan fingerprint density at radius 3 is 2.52 bits per heavy atom. The molecule has 0 N–H and O–H groups in total. The Hall–Kier alpha value is -1.92. The van der Waals surface area contributed by atoms with Crippen molar-refractivity contribution in [3.05, 3.63) is 35.9 Å². The lowest BCUT2D eigenvalue weighted by atomic mass is 9.89. The van der Waals surface area contributed by atoms with E-state index in [4.69, 9.17) is 9.47 Å². The molecule has 2 amide bonds. The van der Waals surface area contributed by atoms with Crippen LogP contribution in [0.2, 0.25) is 0 Å². The maximum atomic E-state index is 12.9. The van der Waals surface area contributed by atoms with Gasteiger partial charge in [0.2, 0.25) is 11.8 Å². The van der Waals surface area contributed by atoms with Crippen LogP contribution < -0.4 is 0 Å². The van der Waals surface area contributed by atoms with Gasteiger partial charge in [-0.2, -0.15) is 0 Å². The molecule has 6 nitrogen and oxygen atoms in total. The number of carbonyl (C=O) groups excluding carboxylic acids is 2. The van der Waals surface area contributed by atoms with Gasteiger partial charge in [0.1, 0.15) is 0 Å². The lowest BCUT2D eigenvalue weighted by Crippen LogP contribution is -2.54. The summed E-state index contributed by atoms with van der Waals surface area (Å²) in [5, 5.41) is 0. The minimum absolute atomic E-state index is 0.112. The van der Waals surface area contributed by atoms with Crippen molar-refractivity contribution in [3.8, 4) is 0 Å². The monoisotopic (exact) mass is 428 g/mol. The van der Waals surface area contributed by atoms with E-state index >= 15 is 0 Å². The molecule has 0 aromatic heterocycles. The Labute approximate surface area is 185 Å². The largest absolute Gasteiger partial charge is 0.381 e. The fourth-order valence-electron chi connectivity index (χ4n) is 5.11. The van der Waals surface area contributed by atoms with Crippen LogP contribution in [0.25, 0.3) is 0 Å². The Balaban J connectivity index is 1.27. The van der Waals surface area contributed by atoms with Crippen molar-refractivity contribution in [1.29, 1.82) is 0 Å². The molecule has 170 valence electrons. The standard InChI is InChI=1S/C25H36N2O4/c28-23-11-19-31-25(20-27(23)14-5-4-8-21-6-2-1-3-7-21)12-15-26(16-13-25)24(29)22-9-17-30-18-10-22/h1-3,6-7,22H,4-5,8-20H2. The molecule has 3 heterocycles. The molecule has 0 atom stereocenters. The molecule has 0 bridgehead atoms. The Kier molecular flexibility index (Phi) is 7.62. The molecular formula is C25H36N2O4. The fraction of sp³-hybridized carbons (Fsp3) is 0.680. The van der Waals surface area contributed by atoms with Gasteiger partial charge in [-0.05, 0) is 50.5 Å². The van der Waals surface area contributed by atoms with Crippen LogP contribution in [-0.2, 0) is 25.5 Å². The highest BCUT2D eigenvalue weighted by atomic mass is 16.5. The number of carbonyl (C=O) groups is 2. The number of aryl methyl sites for hydroxylation is 1. The number of likely N-dealkylation sites (tertiary alicyclic amines) is 1. The quantitative estimate of drug-likeness (QED) is 0.654.